The molecule has 1 aliphatic rings. The van der Waals surface area contributed by atoms with E-state index in [9.17, 15) is 9.59 Å². The van der Waals surface area contributed by atoms with Gasteiger partial charge in [0.25, 0.3) is 0 Å². The van der Waals surface area contributed by atoms with E-state index in [0.717, 1.165) is 16.7 Å². The molecule has 2 atom stereocenters. The molecule has 3 aromatic rings. The van der Waals surface area contributed by atoms with Crippen molar-refractivity contribution in [1.29, 1.82) is 0 Å². The standard InChI is InChI=1S/C34H41NO9/c1-34(2,3)44-33(37)35-25(17-21-11-9-8-10-12-21)32(36)43-28-18-22(13-14-26(28)38-4)15-23-16-24-27(42-20-23)19-29(39-5)31(41-7)30(24)40-6/h8-14,18-19,23,25H,15-17,20H2,1-7H3,(H,35,37)/t23-,25+/m1/s1. The van der Waals surface area contributed by atoms with Crippen LogP contribution in [0.15, 0.2) is 54.6 Å². The smallest absolute Gasteiger partial charge is 0.408 e. The van der Waals surface area contributed by atoms with Crippen molar-refractivity contribution in [3.63, 3.8) is 0 Å². The maximum atomic E-state index is 13.5. The van der Waals surface area contributed by atoms with Crippen molar-refractivity contribution < 1.29 is 42.7 Å². The van der Waals surface area contributed by atoms with Gasteiger partial charge < -0.3 is 38.5 Å². The van der Waals surface area contributed by atoms with Crippen molar-refractivity contribution in [3.8, 4) is 34.5 Å². The molecule has 10 heteroatoms. The second-order valence-corrected chi connectivity index (χ2v) is 11.5. The Kier molecular flexibility index (Phi) is 10.5. The molecule has 3 aromatic carbocycles. The molecule has 1 amide bonds. The third-order valence-corrected chi connectivity index (χ3v) is 7.08. The van der Waals surface area contributed by atoms with E-state index in [2.05, 4.69) is 5.32 Å². The zero-order valence-electron chi connectivity index (χ0n) is 26.4. The van der Waals surface area contributed by atoms with E-state index >= 15 is 0 Å². The lowest BCUT2D eigenvalue weighted by molar-refractivity contribution is -0.136. The monoisotopic (exact) mass is 607 g/mol. The molecule has 0 aliphatic carbocycles. The molecule has 0 unspecified atom stereocenters. The first-order valence-electron chi connectivity index (χ1n) is 14.4. The zero-order chi connectivity index (χ0) is 31.9. The molecule has 44 heavy (non-hydrogen) atoms. The normalized spacial score (nSPS) is 14.8. The van der Waals surface area contributed by atoms with Crippen molar-refractivity contribution >= 4 is 12.1 Å². The van der Waals surface area contributed by atoms with Crippen LogP contribution in [0.25, 0.3) is 0 Å². The van der Waals surface area contributed by atoms with Gasteiger partial charge in [-0.3, -0.25) is 0 Å². The van der Waals surface area contributed by atoms with Gasteiger partial charge in [-0.25, -0.2) is 9.59 Å². The van der Waals surface area contributed by atoms with Gasteiger partial charge in [0.05, 0.1) is 35.0 Å². The van der Waals surface area contributed by atoms with Crippen LogP contribution in [0.5, 0.6) is 34.5 Å². The number of carbonyl (C=O) groups is 2. The maximum absolute atomic E-state index is 13.5. The Morgan fingerprint density at radius 2 is 1.57 bits per heavy atom. The molecule has 0 saturated heterocycles. The van der Waals surface area contributed by atoms with Gasteiger partial charge in [0.1, 0.15) is 17.4 Å². The zero-order valence-corrected chi connectivity index (χ0v) is 26.4. The number of carbonyl (C=O) groups excluding carboxylic acids is 2. The Balaban J connectivity index is 1.53. The highest BCUT2D eigenvalue weighted by atomic mass is 16.6. The number of ether oxygens (including phenoxy) is 7. The maximum Gasteiger partial charge on any atom is 0.408 e. The molecule has 0 radical (unpaired) electrons. The summed E-state index contributed by atoms with van der Waals surface area (Å²) in [6, 6.07) is 15.7. The number of hydrogen-bond donors (Lipinski definition) is 1. The number of fused-ring (bicyclic) bond motifs is 1. The molecule has 10 nitrogen and oxygen atoms in total. The molecular formula is C34H41NO9. The highest BCUT2D eigenvalue weighted by Gasteiger charge is 2.30. The Bertz CT molecular complexity index is 1450. The quantitative estimate of drug-likeness (QED) is 0.221. The number of rotatable bonds is 11. The molecule has 0 aromatic heterocycles. The first-order valence-corrected chi connectivity index (χ1v) is 14.4. The summed E-state index contributed by atoms with van der Waals surface area (Å²) < 4.78 is 39.6. The summed E-state index contributed by atoms with van der Waals surface area (Å²) in [5, 5.41) is 2.67. The van der Waals surface area contributed by atoms with Crippen molar-refractivity contribution in [2.75, 3.05) is 35.0 Å². The number of amides is 1. The van der Waals surface area contributed by atoms with Gasteiger partial charge in [0.2, 0.25) is 5.75 Å². The van der Waals surface area contributed by atoms with E-state index in [0.29, 0.717) is 48.2 Å². The Morgan fingerprint density at radius 3 is 2.20 bits per heavy atom. The molecule has 1 aliphatic heterocycles. The summed E-state index contributed by atoms with van der Waals surface area (Å²) in [6.07, 6.45) is 0.822. The summed E-state index contributed by atoms with van der Waals surface area (Å²) in [5.74, 6) is 2.43. The van der Waals surface area contributed by atoms with Gasteiger partial charge in [-0.05, 0) is 56.9 Å². The van der Waals surface area contributed by atoms with Crippen LogP contribution in [0, 0.1) is 5.92 Å². The molecular weight excluding hydrogens is 566 g/mol. The fourth-order valence-electron chi connectivity index (χ4n) is 5.14. The van der Waals surface area contributed by atoms with Gasteiger partial charge in [-0.1, -0.05) is 36.4 Å². The number of methoxy groups -OCH3 is 4. The van der Waals surface area contributed by atoms with Gasteiger partial charge in [-0.15, -0.1) is 0 Å². The molecule has 236 valence electrons. The van der Waals surface area contributed by atoms with Crippen LogP contribution >= 0.6 is 0 Å². The third kappa shape index (κ3) is 8.06. The average Bonchev–Trinajstić information content (AvgIpc) is 2.99. The second kappa shape index (κ2) is 14.2. The number of benzene rings is 3. The Labute approximate surface area is 258 Å². The predicted octanol–water partition coefficient (Wildman–Crippen LogP) is 5.56. The predicted molar refractivity (Wildman–Crippen MR) is 164 cm³/mol. The van der Waals surface area contributed by atoms with E-state index in [1.807, 2.05) is 42.5 Å². The molecule has 1 heterocycles. The van der Waals surface area contributed by atoms with Crippen LogP contribution in [0.2, 0.25) is 0 Å². The lowest BCUT2D eigenvalue weighted by Gasteiger charge is -2.28. The van der Waals surface area contributed by atoms with Gasteiger partial charge in [0, 0.05) is 24.0 Å². The fourth-order valence-corrected chi connectivity index (χ4v) is 5.14. The van der Waals surface area contributed by atoms with Gasteiger partial charge in [0.15, 0.2) is 23.0 Å². The summed E-state index contributed by atoms with van der Waals surface area (Å²) in [7, 11) is 6.24. The van der Waals surface area contributed by atoms with E-state index in [1.54, 1.807) is 54.2 Å². The van der Waals surface area contributed by atoms with E-state index in [-0.39, 0.29) is 18.1 Å². The molecule has 1 N–H and O–H groups in total. The van der Waals surface area contributed by atoms with E-state index in [4.69, 9.17) is 33.2 Å². The van der Waals surface area contributed by atoms with E-state index in [1.165, 1.54) is 7.11 Å². The molecule has 0 fully saturated rings. The summed E-state index contributed by atoms with van der Waals surface area (Å²) in [6.45, 7) is 5.75. The highest BCUT2D eigenvalue weighted by Crippen LogP contribution is 2.47. The second-order valence-electron chi connectivity index (χ2n) is 11.5. The number of alkyl carbamates (subject to hydrolysis) is 1. The van der Waals surface area contributed by atoms with Crippen LogP contribution in [-0.2, 0) is 28.8 Å². The fraction of sp³-hybridized carbons (Fsp3) is 0.412. The van der Waals surface area contributed by atoms with Crippen LogP contribution in [0.3, 0.4) is 0 Å². The van der Waals surface area contributed by atoms with Crippen molar-refractivity contribution in [2.45, 2.75) is 51.7 Å². The highest BCUT2D eigenvalue weighted by molar-refractivity contribution is 5.83. The first kappa shape index (κ1) is 32.3. The van der Waals surface area contributed by atoms with Crippen molar-refractivity contribution in [2.24, 2.45) is 5.92 Å². The van der Waals surface area contributed by atoms with Crippen LogP contribution in [-0.4, -0.2) is 58.8 Å². The summed E-state index contributed by atoms with van der Waals surface area (Å²) in [4.78, 5) is 26.1. The lowest BCUT2D eigenvalue weighted by atomic mass is 9.90. The van der Waals surface area contributed by atoms with Crippen molar-refractivity contribution in [3.05, 3.63) is 71.3 Å². The summed E-state index contributed by atoms with van der Waals surface area (Å²) in [5.41, 5.74) is 1.95. The minimum absolute atomic E-state index is 0.103. The third-order valence-electron chi connectivity index (χ3n) is 7.08. The van der Waals surface area contributed by atoms with Crippen LogP contribution in [0.1, 0.15) is 37.5 Å². The molecule has 0 bridgehead atoms. The van der Waals surface area contributed by atoms with Crippen LogP contribution < -0.4 is 33.7 Å². The van der Waals surface area contributed by atoms with Crippen molar-refractivity contribution in [1.82, 2.24) is 5.32 Å². The van der Waals surface area contributed by atoms with Gasteiger partial charge >= 0.3 is 12.1 Å². The molecule has 0 spiro atoms. The topological polar surface area (TPSA) is 111 Å². The number of hydrogen-bond acceptors (Lipinski definition) is 9. The minimum Gasteiger partial charge on any atom is -0.493 e. The Hall–Kier alpha value is -4.60. The Morgan fingerprint density at radius 1 is 0.864 bits per heavy atom. The SMILES string of the molecule is COc1ccc(C[C@H]2COc3cc(OC)c(OC)c(OC)c3C2)cc1OC(=O)[C@H](Cc1ccccc1)NC(=O)OC(C)(C)C. The molecule has 0 saturated carbocycles. The number of esters is 1. The van der Waals surface area contributed by atoms with E-state index < -0.39 is 23.7 Å². The molecule has 4 rings (SSSR count). The van der Waals surface area contributed by atoms with Gasteiger partial charge in [-0.2, -0.15) is 0 Å². The first-order chi connectivity index (χ1) is 21.0. The largest absolute Gasteiger partial charge is 0.493 e. The average molecular weight is 608 g/mol. The number of nitrogens with one attached hydrogen (secondary N) is 1. The lowest BCUT2D eigenvalue weighted by Crippen LogP contribution is -2.46. The van der Waals surface area contributed by atoms with Crippen LogP contribution in [0.4, 0.5) is 4.79 Å². The minimum atomic E-state index is -0.997. The summed E-state index contributed by atoms with van der Waals surface area (Å²) >= 11 is 0.